The van der Waals surface area contributed by atoms with Crippen LogP contribution in [0.3, 0.4) is 0 Å². The van der Waals surface area contributed by atoms with E-state index in [0.29, 0.717) is 5.75 Å². The van der Waals surface area contributed by atoms with Crippen molar-refractivity contribution in [1.82, 2.24) is 14.7 Å². The fourth-order valence-electron chi connectivity index (χ4n) is 2.73. The third-order valence-electron chi connectivity index (χ3n) is 4.22. The summed E-state index contributed by atoms with van der Waals surface area (Å²) in [6, 6.07) is 0. The quantitative estimate of drug-likeness (QED) is 0.822. The predicted octanol–water partition coefficient (Wildman–Crippen LogP) is 1.97. The number of hydrogen-bond donors (Lipinski definition) is 1. The standard InChI is InChI=1S/C14H27N3O2/c1-7-14(4,17(8-2)9-3)13(18)12-11(19-6)10-15-16(12)5/h10,13,18H,7-9H2,1-6H3. The maximum absolute atomic E-state index is 10.9. The molecule has 110 valence electrons. The molecule has 19 heavy (non-hydrogen) atoms. The summed E-state index contributed by atoms with van der Waals surface area (Å²) in [5, 5.41) is 15.1. The minimum atomic E-state index is -0.639. The third kappa shape index (κ3) is 2.77. The second-order valence-electron chi connectivity index (χ2n) is 5.01. The van der Waals surface area contributed by atoms with Crippen LogP contribution in [-0.4, -0.2) is 45.5 Å². The highest BCUT2D eigenvalue weighted by Crippen LogP contribution is 2.37. The molecule has 1 aromatic rings. The molecule has 0 bridgehead atoms. The zero-order chi connectivity index (χ0) is 14.6. The second-order valence-corrected chi connectivity index (χ2v) is 5.01. The van der Waals surface area contributed by atoms with Crippen molar-refractivity contribution in [3.05, 3.63) is 11.9 Å². The Bertz CT molecular complexity index is 401. The Morgan fingerprint density at radius 3 is 2.42 bits per heavy atom. The fraction of sp³-hybridized carbons (Fsp3) is 0.786. The van der Waals surface area contributed by atoms with E-state index in [4.69, 9.17) is 4.74 Å². The van der Waals surface area contributed by atoms with E-state index in [0.717, 1.165) is 25.2 Å². The van der Waals surface area contributed by atoms with Crippen molar-refractivity contribution in [2.24, 2.45) is 7.05 Å². The van der Waals surface area contributed by atoms with Crippen molar-refractivity contribution in [2.45, 2.75) is 45.8 Å². The van der Waals surface area contributed by atoms with Crippen LogP contribution in [0.5, 0.6) is 5.75 Å². The first-order chi connectivity index (χ1) is 8.96. The van der Waals surface area contributed by atoms with Crippen molar-refractivity contribution in [3.8, 4) is 5.75 Å². The van der Waals surface area contributed by atoms with Gasteiger partial charge in [-0.05, 0) is 26.4 Å². The van der Waals surface area contributed by atoms with Crippen LogP contribution < -0.4 is 4.74 Å². The summed E-state index contributed by atoms with van der Waals surface area (Å²) in [5.41, 5.74) is 0.406. The molecule has 5 heteroatoms. The van der Waals surface area contributed by atoms with Gasteiger partial charge in [-0.3, -0.25) is 9.58 Å². The van der Waals surface area contributed by atoms with Crippen molar-refractivity contribution in [2.75, 3.05) is 20.2 Å². The lowest BCUT2D eigenvalue weighted by molar-refractivity contribution is -0.0265. The topological polar surface area (TPSA) is 50.5 Å². The molecule has 5 nitrogen and oxygen atoms in total. The summed E-state index contributed by atoms with van der Waals surface area (Å²) < 4.78 is 7.01. The number of likely N-dealkylation sites (N-methyl/N-ethyl adjacent to an activating group) is 1. The molecule has 0 aliphatic rings. The van der Waals surface area contributed by atoms with Gasteiger partial charge in [-0.1, -0.05) is 20.8 Å². The summed E-state index contributed by atoms with van der Waals surface area (Å²) in [4.78, 5) is 2.28. The maximum Gasteiger partial charge on any atom is 0.162 e. The monoisotopic (exact) mass is 269 g/mol. The molecule has 0 aliphatic heterocycles. The van der Waals surface area contributed by atoms with Gasteiger partial charge in [-0.15, -0.1) is 0 Å². The Morgan fingerprint density at radius 1 is 1.42 bits per heavy atom. The molecule has 0 aromatic carbocycles. The highest BCUT2D eigenvalue weighted by Gasteiger charge is 2.39. The Hall–Kier alpha value is -1.07. The number of aliphatic hydroxyl groups is 1. The van der Waals surface area contributed by atoms with E-state index in [2.05, 4.69) is 37.7 Å². The van der Waals surface area contributed by atoms with Gasteiger partial charge < -0.3 is 9.84 Å². The minimum Gasteiger partial charge on any atom is -0.493 e. The van der Waals surface area contributed by atoms with Gasteiger partial charge >= 0.3 is 0 Å². The van der Waals surface area contributed by atoms with Gasteiger partial charge in [-0.2, -0.15) is 5.10 Å². The number of rotatable bonds is 7. The van der Waals surface area contributed by atoms with Crippen molar-refractivity contribution >= 4 is 0 Å². The molecule has 0 aliphatic carbocycles. The lowest BCUT2D eigenvalue weighted by atomic mass is 9.87. The lowest BCUT2D eigenvalue weighted by Gasteiger charge is -2.43. The number of hydrogen-bond acceptors (Lipinski definition) is 4. The van der Waals surface area contributed by atoms with E-state index in [1.54, 1.807) is 18.0 Å². The van der Waals surface area contributed by atoms with Crippen LogP contribution in [0, 0.1) is 0 Å². The Morgan fingerprint density at radius 2 is 2.00 bits per heavy atom. The maximum atomic E-state index is 10.9. The molecule has 0 saturated carbocycles. The molecule has 2 unspecified atom stereocenters. The highest BCUT2D eigenvalue weighted by molar-refractivity contribution is 5.29. The second kappa shape index (κ2) is 6.39. The Balaban J connectivity index is 3.20. The van der Waals surface area contributed by atoms with Gasteiger partial charge in [-0.25, -0.2) is 0 Å². The first-order valence-corrected chi connectivity index (χ1v) is 6.95. The van der Waals surface area contributed by atoms with Gasteiger partial charge in [0.1, 0.15) is 11.8 Å². The molecule has 0 fully saturated rings. The molecule has 1 aromatic heterocycles. The van der Waals surface area contributed by atoms with E-state index >= 15 is 0 Å². The van der Waals surface area contributed by atoms with Gasteiger partial charge in [0.05, 0.1) is 13.3 Å². The molecule has 1 rings (SSSR count). The predicted molar refractivity (Wildman–Crippen MR) is 76.3 cm³/mol. The highest BCUT2D eigenvalue weighted by atomic mass is 16.5. The normalized spacial score (nSPS) is 16.4. The summed E-state index contributed by atoms with van der Waals surface area (Å²) in [6.07, 6.45) is 1.86. The summed E-state index contributed by atoms with van der Waals surface area (Å²) in [7, 11) is 3.44. The molecular formula is C14H27N3O2. The van der Waals surface area contributed by atoms with Crippen LogP contribution in [0.25, 0.3) is 0 Å². The third-order valence-corrected chi connectivity index (χ3v) is 4.22. The molecule has 2 atom stereocenters. The van der Waals surface area contributed by atoms with Crippen LogP contribution in [0.2, 0.25) is 0 Å². The number of aromatic nitrogens is 2. The Labute approximate surface area is 116 Å². The number of ether oxygens (including phenoxy) is 1. The fourth-order valence-corrected chi connectivity index (χ4v) is 2.73. The van der Waals surface area contributed by atoms with E-state index in [1.807, 2.05) is 7.05 Å². The first-order valence-electron chi connectivity index (χ1n) is 6.95. The first kappa shape index (κ1) is 16.0. The SMILES string of the molecule is CCN(CC)C(C)(CC)C(O)c1c(OC)cnn1C. The van der Waals surface area contributed by atoms with Gasteiger partial charge in [0, 0.05) is 12.6 Å². The van der Waals surface area contributed by atoms with Crippen LogP contribution in [0.4, 0.5) is 0 Å². The number of nitrogens with zero attached hydrogens (tertiary/aromatic N) is 3. The van der Waals surface area contributed by atoms with E-state index < -0.39 is 6.10 Å². The van der Waals surface area contributed by atoms with Gasteiger partial charge in [0.2, 0.25) is 0 Å². The van der Waals surface area contributed by atoms with Gasteiger partial charge in [0.15, 0.2) is 5.75 Å². The summed E-state index contributed by atoms with van der Waals surface area (Å²) in [5.74, 6) is 0.641. The summed E-state index contributed by atoms with van der Waals surface area (Å²) in [6.45, 7) is 10.2. The number of aliphatic hydroxyl groups excluding tert-OH is 1. The minimum absolute atomic E-state index is 0.329. The van der Waals surface area contributed by atoms with Crippen molar-refractivity contribution in [3.63, 3.8) is 0 Å². The molecule has 0 spiro atoms. The lowest BCUT2D eigenvalue weighted by Crippen LogP contribution is -2.50. The zero-order valence-corrected chi connectivity index (χ0v) is 13.0. The van der Waals surface area contributed by atoms with Gasteiger partial charge in [0.25, 0.3) is 0 Å². The van der Waals surface area contributed by atoms with Crippen molar-refractivity contribution in [1.29, 1.82) is 0 Å². The largest absolute Gasteiger partial charge is 0.493 e. The molecular weight excluding hydrogens is 242 g/mol. The van der Waals surface area contributed by atoms with Crippen LogP contribution >= 0.6 is 0 Å². The molecule has 0 radical (unpaired) electrons. The molecule has 1 N–H and O–H groups in total. The van der Waals surface area contributed by atoms with Crippen LogP contribution in [0.15, 0.2) is 6.20 Å². The zero-order valence-electron chi connectivity index (χ0n) is 13.0. The van der Waals surface area contributed by atoms with Crippen molar-refractivity contribution < 1.29 is 9.84 Å². The molecule has 0 saturated heterocycles. The number of aryl methyl sites for hydroxylation is 1. The average Bonchev–Trinajstić information content (AvgIpc) is 2.79. The van der Waals surface area contributed by atoms with E-state index in [1.165, 1.54) is 0 Å². The Kier molecular flexibility index (Phi) is 5.38. The number of methoxy groups -OCH3 is 1. The van der Waals surface area contributed by atoms with Crippen LogP contribution in [0.1, 0.15) is 45.9 Å². The van der Waals surface area contributed by atoms with Crippen LogP contribution in [-0.2, 0) is 7.05 Å². The van der Waals surface area contributed by atoms with E-state index in [9.17, 15) is 5.11 Å². The smallest absolute Gasteiger partial charge is 0.162 e. The summed E-state index contributed by atoms with van der Waals surface area (Å²) >= 11 is 0. The van der Waals surface area contributed by atoms with E-state index in [-0.39, 0.29) is 5.54 Å². The molecule has 0 amide bonds. The average molecular weight is 269 g/mol. The molecule has 1 heterocycles.